The third-order valence-electron chi connectivity index (χ3n) is 3.82. The van der Waals surface area contributed by atoms with Crippen LogP contribution in [0.2, 0.25) is 5.02 Å². The van der Waals surface area contributed by atoms with Crippen LogP contribution in [-0.2, 0) is 13.0 Å². The van der Waals surface area contributed by atoms with E-state index in [0.717, 1.165) is 35.5 Å². The van der Waals surface area contributed by atoms with Gasteiger partial charge in [0.15, 0.2) is 0 Å². The molecule has 0 saturated heterocycles. The predicted molar refractivity (Wildman–Crippen MR) is 84.2 cm³/mol. The molecule has 1 N–H and O–H groups in total. The van der Waals surface area contributed by atoms with Crippen LogP contribution in [0.15, 0.2) is 35.5 Å². The maximum Gasteiger partial charge on any atom is 0.255 e. The number of nitrogens with zero attached hydrogens (tertiary/aromatic N) is 4. The number of anilines is 1. The van der Waals surface area contributed by atoms with Crippen molar-refractivity contribution in [3.63, 3.8) is 0 Å². The first-order chi connectivity index (χ1) is 10.7. The van der Waals surface area contributed by atoms with Crippen LogP contribution in [0.4, 0.5) is 5.82 Å². The van der Waals surface area contributed by atoms with Crippen molar-refractivity contribution in [2.45, 2.75) is 13.0 Å². The van der Waals surface area contributed by atoms with Crippen LogP contribution in [0.5, 0.6) is 0 Å². The summed E-state index contributed by atoms with van der Waals surface area (Å²) in [4.78, 5) is 29.8. The van der Waals surface area contributed by atoms with Crippen LogP contribution in [0.25, 0.3) is 11.0 Å². The highest BCUT2D eigenvalue weighted by atomic mass is 35.5. The van der Waals surface area contributed by atoms with E-state index in [2.05, 4.69) is 19.9 Å². The molecular weight excluding hydrogens is 302 g/mol. The fourth-order valence-electron chi connectivity index (χ4n) is 2.68. The Morgan fingerprint density at radius 1 is 1.23 bits per heavy atom. The lowest BCUT2D eigenvalue weighted by Crippen LogP contribution is -2.35. The summed E-state index contributed by atoms with van der Waals surface area (Å²) in [5.41, 5.74) is 3.02. The Bertz CT molecular complexity index is 923. The van der Waals surface area contributed by atoms with Gasteiger partial charge in [0.25, 0.3) is 5.56 Å². The van der Waals surface area contributed by atoms with E-state index in [0.29, 0.717) is 17.1 Å². The van der Waals surface area contributed by atoms with Gasteiger partial charge in [0.1, 0.15) is 5.82 Å². The first-order valence-electron chi connectivity index (χ1n) is 6.93. The molecule has 0 bridgehead atoms. The largest absolute Gasteiger partial charge is 0.350 e. The van der Waals surface area contributed by atoms with E-state index < -0.39 is 0 Å². The SMILES string of the molecule is O=c1[nH]cnc2c1CN(c1cnc3cc(Cl)ccc3n1)CC2. The molecule has 110 valence electrons. The van der Waals surface area contributed by atoms with Gasteiger partial charge in [-0.25, -0.2) is 9.97 Å². The van der Waals surface area contributed by atoms with Crippen molar-refractivity contribution in [2.75, 3.05) is 11.4 Å². The fraction of sp³-hybridized carbons (Fsp3) is 0.200. The van der Waals surface area contributed by atoms with E-state index in [-0.39, 0.29) is 5.56 Å². The van der Waals surface area contributed by atoms with Crippen LogP contribution in [-0.4, -0.2) is 26.5 Å². The Morgan fingerprint density at radius 3 is 3.05 bits per heavy atom. The summed E-state index contributed by atoms with van der Waals surface area (Å²) in [6.45, 7) is 1.25. The van der Waals surface area contributed by atoms with Crippen molar-refractivity contribution in [3.8, 4) is 0 Å². The number of rotatable bonds is 1. The Morgan fingerprint density at radius 2 is 2.14 bits per heavy atom. The normalized spacial score (nSPS) is 14.1. The zero-order valence-electron chi connectivity index (χ0n) is 11.6. The van der Waals surface area contributed by atoms with Crippen molar-refractivity contribution < 1.29 is 0 Å². The van der Waals surface area contributed by atoms with E-state index in [1.54, 1.807) is 18.3 Å². The zero-order valence-corrected chi connectivity index (χ0v) is 12.3. The lowest BCUT2D eigenvalue weighted by Gasteiger charge is -2.28. The molecule has 4 rings (SSSR count). The van der Waals surface area contributed by atoms with Gasteiger partial charge in [-0.15, -0.1) is 0 Å². The van der Waals surface area contributed by atoms with Crippen LogP contribution in [0, 0.1) is 0 Å². The molecule has 0 unspecified atom stereocenters. The predicted octanol–water partition coefficient (Wildman–Crippen LogP) is 1.93. The highest BCUT2D eigenvalue weighted by Crippen LogP contribution is 2.22. The number of fused-ring (bicyclic) bond motifs is 2. The van der Waals surface area contributed by atoms with Gasteiger partial charge in [-0.1, -0.05) is 11.6 Å². The number of benzene rings is 1. The molecule has 0 aliphatic carbocycles. The van der Waals surface area contributed by atoms with Gasteiger partial charge < -0.3 is 9.88 Å². The third-order valence-corrected chi connectivity index (χ3v) is 4.06. The van der Waals surface area contributed by atoms with E-state index in [1.807, 2.05) is 11.0 Å². The molecule has 0 radical (unpaired) electrons. The molecule has 1 aromatic carbocycles. The third kappa shape index (κ3) is 2.21. The molecule has 6 nitrogen and oxygen atoms in total. The Balaban J connectivity index is 1.72. The van der Waals surface area contributed by atoms with E-state index in [1.165, 1.54) is 6.33 Å². The summed E-state index contributed by atoms with van der Waals surface area (Å²) in [5, 5.41) is 0.638. The van der Waals surface area contributed by atoms with Crippen molar-refractivity contribution in [2.24, 2.45) is 0 Å². The van der Waals surface area contributed by atoms with Gasteiger partial charge in [0.2, 0.25) is 0 Å². The number of hydrogen-bond acceptors (Lipinski definition) is 5. The fourth-order valence-corrected chi connectivity index (χ4v) is 2.84. The number of aromatic amines is 1. The van der Waals surface area contributed by atoms with Crippen molar-refractivity contribution in [3.05, 3.63) is 57.4 Å². The van der Waals surface area contributed by atoms with Gasteiger partial charge in [-0.2, -0.15) is 0 Å². The summed E-state index contributed by atoms with van der Waals surface area (Å²) in [6.07, 6.45) is 3.89. The molecule has 1 aliphatic rings. The zero-order chi connectivity index (χ0) is 15.1. The average Bonchev–Trinajstić information content (AvgIpc) is 2.54. The first-order valence-corrected chi connectivity index (χ1v) is 7.31. The topological polar surface area (TPSA) is 74.8 Å². The average molecular weight is 314 g/mol. The van der Waals surface area contributed by atoms with Crippen LogP contribution in [0.3, 0.4) is 0 Å². The monoisotopic (exact) mass is 313 g/mol. The highest BCUT2D eigenvalue weighted by Gasteiger charge is 2.21. The first kappa shape index (κ1) is 13.2. The number of hydrogen-bond donors (Lipinski definition) is 1. The molecule has 1 aliphatic heterocycles. The second kappa shape index (κ2) is 5.06. The summed E-state index contributed by atoms with van der Waals surface area (Å²) >= 11 is 5.96. The Hall–Kier alpha value is -2.47. The van der Waals surface area contributed by atoms with Crippen molar-refractivity contribution in [1.29, 1.82) is 0 Å². The van der Waals surface area contributed by atoms with E-state index in [9.17, 15) is 4.79 Å². The molecule has 0 saturated carbocycles. The second-order valence-electron chi connectivity index (χ2n) is 5.19. The minimum Gasteiger partial charge on any atom is -0.350 e. The maximum atomic E-state index is 11.9. The molecular formula is C15H12ClN5O. The lowest BCUT2D eigenvalue weighted by molar-refractivity contribution is 0.689. The summed E-state index contributed by atoms with van der Waals surface area (Å²) < 4.78 is 0. The van der Waals surface area contributed by atoms with Crippen LogP contribution >= 0.6 is 11.6 Å². The maximum absolute atomic E-state index is 11.9. The number of halogens is 1. The molecule has 0 fully saturated rings. The number of H-pyrrole nitrogens is 1. The Labute approximate surface area is 130 Å². The molecule has 3 aromatic rings. The summed E-state index contributed by atoms with van der Waals surface area (Å²) in [6, 6.07) is 5.43. The summed E-state index contributed by atoms with van der Waals surface area (Å²) in [7, 11) is 0. The lowest BCUT2D eigenvalue weighted by atomic mass is 10.1. The van der Waals surface area contributed by atoms with Crippen LogP contribution in [0.1, 0.15) is 11.3 Å². The Kier molecular flexibility index (Phi) is 3.04. The molecule has 3 heterocycles. The molecule has 0 spiro atoms. The molecule has 0 amide bonds. The molecule has 22 heavy (non-hydrogen) atoms. The number of nitrogens with one attached hydrogen (secondary N) is 1. The van der Waals surface area contributed by atoms with Crippen molar-refractivity contribution >= 4 is 28.5 Å². The van der Waals surface area contributed by atoms with Gasteiger partial charge in [-0.3, -0.25) is 9.78 Å². The van der Waals surface area contributed by atoms with E-state index >= 15 is 0 Å². The standard InChI is InChI=1S/C15H12ClN5O/c16-9-1-2-12-13(5-9)17-6-14(20-12)21-4-3-11-10(7-21)15(22)19-8-18-11/h1-2,5-6,8H,3-4,7H2,(H,18,19,22). The number of aromatic nitrogens is 4. The van der Waals surface area contributed by atoms with Gasteiger partial charge in [0, 0.05) is 18.0 Å². The highest BCUT2D eigenvalue weighted by molar-refractivity contribution is 6.31. The summed E-state index contributed by atoms with van der Waals surface area (Å²) in [5.74, 6) is 0.753. The molecule has 2 aromatic heterocycles. The minimum absolute atomic E-state index is 0.0877. The molecule has 7 heteroatoms. The second-order valence-corrected chi connectivity index (χ2v) is 5.63. The van der Waals surface area contributed by atoms with Crippen LogP contribution < -0.4 is 10.5 Å². The quantitative estimate of drug-likeness (QED) is 0.743. The minimum atomic E-state index is -0.0877. The van der Waals surface area contributed by atoms with Gasteiger partial charge in [-0.05, 0) is 18.2 Å². The smallest absolute Gasteiger partial charge is 0.255 e. The van der Waals surface area contributed by atoms with Gasteiger partial charge in [0.05, 0.1) is 41.4 Å². The molecule has 0 atom stereocenters. The van der Waals surface area contributed by atoms with E-state index in [4.69, 9.17) is 11.6 Å². The van der Waals surface area contributed by atoms with Crippen molar-refractivity contribution in [1.82, 2.24) is 19.9 Å². The van der Waals surface area contributed by atoms with Gasteiger partial charge >= 0.3 is 0 Å².